The minimum Gasteiger partial charge on any atom is -0.365 e. The molecule has 1 heterocycles. The van der Waals surface area contributed by atoms with Crippen molar-refractivity contribution in [2.45, 2.75) is 70.7 Å². The summed E-state index contributed by atoms with van der Waals surface area (Å²) >= 11 is 0. The summed E-state index contributed by atoms with van der Waals surface area (Å²) in [6.07, 6.45) is 2.50. The molecule has 3 unspecified atom stereocenters. The SMILES string of the molecule is CCC1OC(OC)CC1OC(O)(CC)CC. The van der Waals surface area contributed by atoms with E-state index in [0.29, 0.717) is 19.3 Å². The van der Waals surface area contributed by atoms with Gasteiger partial charge in [0, 0.05) is 13.5 Å². The van der Waals surface area contributed by atoms with Crippen molar-refractivity contribution in [3.63, 3.8) is 0 Å². The van der Waals surface area contributed by atoms with Crippen LogP contribution < -0.4 is 0 Å². The van der Waals surface area contributed by atoms with Crippen molar-refractivity contribution in [2.75, 3.05) is 7.11 Å². The predicted molar refractivity (Wildman–Crippen MR) is 61.0 cm³/mol. The van der Waals surface area contributed by atoms with E-state index >= 15 is 0 Å². The molecule has 96 valence electrons. The molecule has 0 aliphatic carbocycles. The predicted octanol–water partition coefficient (Wildman–Crippen LogP) is 2.05. The summed E-state index contributed by atoms with van der Waals surface area (Å²) < 4.78 is 16.6. The number of ether oxygens (including phenoxy) is 3. The van der Waals surface area contributed by atoms with Gasteiger partial charge in [-0.25, -0.2) is 0 Å². The van der Waals surface area contributed by atoms with Crippen LogP contribution in [0.1, 0.15) is 46.5 Å². The second-order valence-electron chi connectivity index (χ2n) is 4.29. The maximum atomic E-state index is 10.1. The van der Waals surface area contributed by atoms with Gasteiger partial charge in [-0.15, -0.1) is 0 Å². The summed E-state index contributed by atoms with van der Waals surface area (Å²) in [6.45, 7) is 5.90. The Kier molecular flexibility index (Phi) is 5.18. The van der Waals surface area contributed by atoms with Crippen LogP contribution >= 0.6 is 0 Å². The summed E-state index contributed by atoms with van der Waals surface area (Å²) in [5.74, 6) is -1.02. The molecule has 1 rings (SSSR count). The second-order valence-corrected chi connectivity index (χ2v) is 4.29. The van der Waals surface area contributed by atoms with E-state index in [1.165, 1.54) is 0 Å². The highest BCUT2D eigenvalue weighted by molar-refractivity contribution is 4.81. The Morgan fingerprint density at radius 1 is 1.31 bits per heavy atom. The quantitative estimate of drug-likeness (QED) is 0.712. The third kappa shape index (κ3) is 3.17. The van der Waals surface area contributed by atoms with Crippen LogP contribution in [0.4, 0.5) is 0 Å². The van der Waals surface area contributed by atoms with E-state index in [4.69, 9.17) is 14.2 Å². The normalized spacial score (nSPS) is 30.9. The molecular weight excluding hydrogens is 208 g/mol. The lowest BCUT2D eigenvalue weighted by molar-refractivity contribution is -0.240. The Labute approximate surface area is 97.9 Å². The maximum Gasteiger partial charge on any atom is 0.165 e. The van der Waals surface area contributed by atoms with Gasteiger partial charge in [0.05, 0.1) is 12.2 Å². The Morgan fingerprint density at radius 2 is 1.94 bits per heavy atom. The van der Waals surface area contributed by atoms with Crippen LogP contribution in [-0.2, 0) is 14.2 Å². The Hall–Kier alpha value is -0.160. The largest absolute Gasteiger partial charge is 0.365 e. The topological polar surface area (TPSA) is 47.9 Å². The van der Waals surface area contributed by atoms with Crippen LogP contribution in [0, 0.1) is 0 Å². The second kappa shape index (κ2) is 5.96. The van der Waals surface area contributed by atoms with E-state index < -0.39 is 5.79 Å². The van der Waals surface area contributed by atoms with Crippen molar-refractivity contribution < 1.29 is 19.3 Å². The lowest BCUT2D eigenvalue weighted by atomic mass is 10.1. The highest BCUT2D eigenvalue weighted by atomic mass is 16.7. The van der Waals surface area contributed by atoms with Gasteiger partial charge in [0.25, 0.3) is 0 Å². The van der Waals surface area contributed by atoms with E-state index in [1.807, 2.05) is 13.8 Å². The van der Waals surface area contributed by atoms with Crippen molar-refractivity contribution in [1.29, 1.82) is 0 Å². The lowest BCUT2D eigenvalue weighted by Gasteiger charge is -2.30. The first-order valence-corrected chi connectivity index (χ1v) is 6.17. The molecule has 0 saturated carbocycles. The Bertz CT molecular complexity index is 203. The molecule has 1 aliphatic rings. The molecule has 4 heteroatoms. The van der Waals surface area contributed by atoms with Crippen LogP contribution in [-0.4, -0.2) is 36.5 Å². The Balaban J connectivity index is 2.58. The number of rotatable bonds is 6. The fourth-order valence-corrected chi connectivity index (χ4v) is 2.01. The van der Waals surface area contributed by atoms with Crippen LogP contribution in [0.3, 0.4) is 0 Å². The van der Waals surface area contributed by atoms with Gasteiger partial charge in [0.15, 0.2) is 12.1 Å². The lowest BCUT2D eigenvalue weighted by Crippen LogP contribution is -2.38. The van der Waals surface area contributed by atoms with Gasteiger partial charge in [-0.2, -0.15) is 0 Å². The van der Waals surface area contributed by atoms with Crippen LogP contribution in [0.5, 0.6) is 0 Å². The van der Waals surface area contributed by atoms with E-state index in [0.717, 1.165) is 6.42 Å². The highest BCUT2D eigenvalue weighted by Gasteiger charge is 2.39. The molecule has 0 amide bonds. The summed E-state index contributed by atoms with van der Waals surface area (Å²) in [7, 11) is 1.63. The van der Waals surface area contributed by atoms with E-state index in [1.54, 1.807) is 7.11 Å². The van der Waals surface area contributed by atoms with Gasteiger partial charge >= 0.3 is 0 Å². The van der Waals surface area contributed by atoms with Crippen molar-refractivity contribution in [3.05, 3.63) is 0 Å². The molecule has 1 N–H and O–H groups in total. The minimum atomic E-state index is -1.02. The van der Waals surface area contributed by atoms with Crippen molar-refractivity contribution >= 4 is 0 Å². The van der Waals surface area contributed by atoms with Crippen LogP contribution in [0.15, 0.2) is 0 Å². The molecule has 0 aromatic carbocycles. The molecule has 0 aromatic rings. The molecular formula is C12H24O4. The zero-order valence-corrected chi connectivity index (χ0v) is 10.7. The van der Waals surface area contributed by atoms with Crippen LogP contribution in [0.2, 0.25) is 0 Å². The van der Waals surface area contributed by atoms with Crippen LogP contribution in [0.25, 0.3) is 0 Å². The molecule has 1 saturated heterocycles. The van der Waals surface area contributed by atoms with Gasteiger partial charge in [-0.05, 0) is 19.3 Å². The first-order chi connectivity index (χ1) is 7.58. The minimum absolute atomic E-state index is 0.0228. The molecule has 1 fully saturated rings. The fourth-order valence-electron chi connectivity index (χ4n) is 2.01. The van der Waals surface area contributed by atoms with E-state index in [2.05, 4.69) is 6.92 Å². The van der Waals surface area contributed by atoms with Gasteiger partial charge in [-0.1, -0.05) is 20.8 Å². The smallest absolute Gasteiger partial charge is 0.165 e. The fraction of sp³-hybridized carbons (Fsp3) is 1.00. The zero-order chi connectivity index (χ0) is 12.2. The maximum absolute atomic E-state index is 10.1. The van der Waals surface area contributed by atoms with Crippen molar-refractivity contribution in [1.82, 2.24) is 0 Å². The Morgan fingerprint density at radius 3 is 2.38 bits per heavy atom. The first kappa shape index (κ1) is 13.9. The van der Waals surface area contributed by atoms with Gasteiger partial charge in [0.1, 0.15) is 0 Å². The average Bonchev–Trinajstić information content (AvgIpc) is 2.71. The number of hydrogen-bond acceptors (Lipinski definition) is 4. The van der Waals surface area contributed by atoms with Gasteiger partial charge < -0.3 is 19.3 Å². The molecule has 0 spiro atoms. The first-order valence-electron chi connectivity index (χ1n) is 6.17. The molecule has 16 heavy (non-hydrogen) atoms. The summed E-state index contributed by atoms with van der Waals surface area (Å²) in [5, 5.41) is 10.1. The molecule has 4 nitrogen and oxygen atoms in total. The third-order valence-electron chi connectivity index (χ3n) is 3.31. The molecule has 0 aromatic heterocycles. The monoisotopic (exact) mass is 232 g/mol. The number of aliphatic hydroxyl groups is 1. The average molecular weight is 232 g/mol. The highest BCUT2D eigenvalue weighted by Crippen LogP contribution is 2.30. The van der Waals surface area contributed by atoms with Crippen molar-refractivity contribution in [2.24, 2.45) is 0 Å². The van der Waals surface area contributed by atoms with Crippen molar-refractivity contribution in [3.8, 4) is 0 Å². The molecule has 0 radical (unpaired) electrons. The summed E-state index contributed by atoms with van der Waals surface area (Å²) in [6, 6.07) is 0. The summed E-state index contributed by atoms with van der Waals surface area (Å²) in [4.78, 5) is 0. The number of methoxy groups -OCH3 is 1. The van der Waals surface area contributed by atoms with E-state index in [-0.39, 0.29) is 18.5 Å². The number of hydrogen-bond donors (Lipinski definition) is 1. The molecule has 3 atom stereocenters. The standard InChI is InChI=1S/C12H24O4/c1-5-9-10(8-11(14-4)15-9)16-12(13,6-2)7-3/h9-11,13H,5-8H2,1-4H3. The zero-order valence-electron chi connectivity index (χ0n) is 10.7. The van der Waals surface area contributed by atoms with Gasteiger partial charge in [0.2, 0.25) is 0 Å². The third-order valence-corrected chi connectivity index (χ3v) is 3.31. The summed E-state index contributed by atoms with van der Waals surface area (Å²) in [5.41, 5.74) is 0. The van der Waals surface area contributed by atoms with Gasteiger partial charge in [-0.3, -0.25) is 0 Å². The molecule has 0 bridgehead atoms. The van der Waals surface area contributed by atoms with E-state index in [9.17, 15) is 5.11 Å². The molecule has 1 aliphatic heterocycles.